The van der Waals surface area contributed by atoms with E-state index in [1.165, 1.54) is 0 Å². The van der Waals surface area contributed by atoms with Crippen LogP contribution in [0.1, 0.15) is 24.5 Å². The number of aromatic nitrogens is 2. The van der Waals surface area contributed by atoms with E-state index in [-0.39, 0.29) is 17.6 Å². The summed E-state index contributed by atoms with van der Waals surface area (Å²) < 4.78 is 1.67. The van der Waals surface area contributed by atoms with Crippen LogP contribution in [0.3, 0.4) is 0 Å². The fraction of sp³-hybridized carbons (Fsp3) is 0.308. The van der Waals surface area contributed by atoms with Crippen LogP contribution in [0.4, 0.5) is 0 Å². The number of carbonyl (C=O) groups excluding carboxylic acids is 2. The molecule has 1 saturated heterocycles. The molecular formula is C13H13N3O3. The summed E-state index contributed by atoms with van der Waals surface area (Å²) in [5.41, 5.74) is 1.45. The molecule has 98 valence electrons. The van der Waals surface area contributed by atoms with Crippen molar-refractivity contribution in [2.24, 2.45) is 7.05 Å². The number of hydrogen-bond donors (Lipinski definition) is 2. The number of nitrogens with zero attached hydrogens (tertiary/aromatic N) is 2. The lowest BCUT2D eigenvalue weighted by Gasteiger charge is -2.19. The number of nitrogens with one attached hydrogen (secondary N) is 1. The van der Waals surface area contributed by atoms with Gasteiger partial charge in [0.15, 0.2) is 0 Å². The number of rotatable bonds is 1. The molecule has 2 heterocycles. The van der Waals surface area contributed by atoms with Gasteiger partial charge < -0.3 is 5.11 Å². The highest BCUT2D eigenvalue weighted by Crippen LogP contribution is 2.31. The molecule has 0 radical (unpaired) electrons. The van der Waals surface area contributed by atoms with Gasteiger partial charge in [-0.1, -0.05) is 0 Å². The van der Waals surface area contributed by atoms with Crippen molar-refractivity contribution in [1.82, 2.24) is 15.1 Å². The lowest BCUT2D eigenvalue weighted by atomic mass is 9.93. The molecule has 1 aliphatic rings. The van der Waals surface area contributed by atoms with Crippen molar-refractivity contribution in [1.29, 1.82) is 0 Å². The van der Waals surface area contributed by atoms with Gasteiger partial charge in [-0.2, -0.15) is 5.10 Å². The first kappa shape index (κ1) is 11.7. The number of fused-ring (bicyclic) bond motifs is 1. The molecule has 1 aromatic heterocycles. The van der Waals surface area contributed by atoms with E-state index in [0.29, 0.717) is 18.5 Å². The second-order valence-corrected chi connectivity index (χ2v) is 4.71. The highest BCUT2D eigenvalue weighted by molar-refractivity contribution is 6.02. The molecule has 1 aliphatic heterocycles. The van der Waals surface area contributed by atoms with E-state index in [9.17, 15) is 14.7 Å². The number of carbonyl (C=O) groups is 2. The highest BCUT2D eigenvalue weighted by Gasteiger charge is 2.31. The summed E-state index contributed by atoms with van der Waals surface area (Å²) in [7, 11) is 1.79. The molecular weight excluding hydrogens is 246 g/mol. The number of phenolic OH excluding ortho intramolecular Hbond substituents is 1. The van der Waals surface area contributed by atoms with Crippen molar-refractivity contribution in [3.63, 3.8) is 0 Å². The van der Waals surface area contributed by atoms with Gasteiger partial charge in [-0.05, 0) is 24.6 Å². The van der Waals surface area contributed by atoms with Crippen molar-refractivity contribution in [3.8, 4) is 5.75 Å². The van der Waals surface area contributed by atoms with Crippen LogP contribution in [0.25, 0.3) is 10.9 Å². The molecule has 1 unspecified atom stereocenters. The summed E-state index contributed by atoms with van der Waals surface area (Å²) in [5.74, 6) is -0.874. The minimum Gasteiger partial charge on any atom is -0.508 e. The number of aromatic hydroxyl groups is 1. The van der Waals surface area contributed by atoms with Crippen molar-refractivity contribution in [2.75, 3.05) is 0 Å². The smallest absolute Gasteiger partial charge is 0.235 e. The monoisotopic (exact) mass is 259 g/mol. The third kappa shape index (κ3) is 1.85. The number of benzene rings is 1. The number of hydrogen-bond acceptors (Lipinski definition) is 4. The summed E-state index contributed by atoms with van der Waals surface area (Å²) in [6.45, 7) is 0. The Labute approximate surface area is 109 Å². The van der Waals surface area contributed by atoms with Crippen LogP contribution in [0.2, 0.25) is 0 Å². The van der Waals surface area contributed by atoms with Gasteiger partial charge >= 0.3 is 0 Å². The maximum absolute atomic E-state index is 11.9. The molecule has 2 N–H and O–H groups in total. The van der Waals surface area contributed by atoms with Crippen molar-refractivity contribution in [3.05, 3.63) is 23.9 Å². The SMILES string of the molecule is Cn1nc(C2CCC(=O)NC2=O)c2cc(O)ccc21. The van der Waals surface area contributed by atoms with Crippen LogP contribution in [0, 0.1) is 0 Å². The van der Waals surface area contributed by atoms with Gasteiger partial charge in [-0.3, -0.25) is 19.6 Å². The first-order valence-corrected chi connectivity index (χ1v) is 6.05. The molecule has 1 atom stereocenters. The summed E-state index contributed by atoms with van der Waals surface area (Å²) in [4.78, 5) is 23.1. The van der Waals surface area contributed by atoms with Crippen LogP contribution in [-0.4, -0.2) is 26.7 Å². The normalized spacial score (nSPS) is 19.7. The van der Waals surface area contributed by atoms with E-state index >= 15 is 0 Å². The molecule has 2 amide bonds. The van der Waals surface area contributed by atoms with Crippen LogP contribution in [0.5, 0.6) is 5.75 Å². The fourth-order valence-corrected chi connectivity index (χ4v) is 2.49. The van der Waals surface area contributed by atoms with Crippen molar-refractivity contribution in [2.45, 2.75) is 18.8 Å². The number of amides is 2. The molecule has 6 nitrogen and oxygen atoms in total. The van der Waals surface area contributed by atoms with E-state index in [4.69, 9.17) is 0 Å². The lowest BCUT2D eigenvalue weighted by molar-refractivity contribution is -0.134. The van der Waals surface area contributed by atoms with Gasteiger partial charge in [-0.25, -0.2) is 0 Å². The van der Waals surface area contributed by atoms with Gasteiger partial charge in [0.05, 0.1) is 17.1 Å². The fourth-order valence-electron chi connectivity index (χ4n) is 2.49. The predicted molar refractivity (Wildman–Crippen MR) is 67.5 cm³/mol. The topological polar surface area (TPSA) is 84.2 Å². The molecule has 1 fully saturated rings. The summed E-state index contributed by atoms with van der Waals surface area (Å²) in [6.07, 6.45) is 0.764. The zero-order chi connectivity index (χ0) is 13.6. The lowest BCUT2D eigenvalue weighted by Crippen LogP contribution is -2.39. The second-order valence-electron chi connectivity index (χ2n) is 4.71. The van der Waals surface area contributed by atoms with Gasteiger partial charge in [0.1, 0.15) is 5.75 Å². The number of piperidine rings is 1. The average molecular weight is 259 g/mol. The maximum Gasteiger partial charge on any atom is 0.235 e. The Hall–Kier alpha value is -2.37. The van der Waals surface area contributed by atoms with Gasteiger partial charge in [0.2, 0.25) is 11.8 Å². The molecule has 0 spiro atoms. The first-order valence-electron chi connectivity index (χ1n) is 6.05. The largest absolute Gasteiger partial charge is 0.508 e. The second kappa shape index (κ2) is 4.08. The standard InChI is InChI=1S/C13H13N3O3/c1-16-10-4-2-7(17)6-9(10)12(15-16)8-3-5-11(18)14-13(8)19/h2,4,6,8,17H,3,5H2,1H3,(H,14,18,19). The van der Waals surface area contributed by atoms with E-state index in [1.807, 2.05) is 0 Å². The van der Waals surface area contributed by atoms with E-state index in [1.54, 1.807) is 29.9 Å². The summed E-state index contributed by atoms with van der Waals surface area (Å²) in [5, 5.41) is 17.0. The predicted octanol–water partition coefficient (Wildman–Crippen LogP) is 0.799. The number of phenols is 1. The highest BCUT2D eigenvalue weighted by atomic mass is 16.3. The van der Waals surface area contributed by atoms with Crippen LogP contribution < -0.4 is 5.32 Å². The van der Waals surface area contributed by atoms with Gasteiger partial charge in [0, 0.05) is 18.9 Å². The average Bonchev–Trinajstić information content (AvgIpc) is 2.66. The molecule has 6 heteroatoms. The third-order valence-electron chi connectivity index (χ3n) is 3.43. The Morgan fingerprint density at radius 1 is 1.42 bits per heavy atom. The Bertz CT molecular complexity index is 690. The van der Waals surface area contributed by atoms with Gasteiger partial charge in [0.25, 0.3) is 0 Å². The third-order valence-corrected chi connectivity index (χ3v) is 3.43. The molecule has 0 aliphatic carbocycles. The Morgan fingerprint density at radius 3 is 2.95 bits per heavy atom. The van der Waals surface area contributed by atoms with E-state index in [2.05, 4.69) is 10.4 Å². The molecule has 1 aromatic carbocycles. The molecule has 19 heavy (non-hydrogen) atoms. The number of aryl methyl sites for hydroxylation is 1. The van der Waals surface area contributed by atoms with Crippen molar-refractivity contribution >= 4 is 22.7 Å². The van der Waals surface area contributed by atoms with Crippen LogP contribution >= 0.6 is 0 Å². The van der Waals surface area contributed by atoms with Crippen molar-refractivity contribution < 1.29 is 14.7 Å². The van der Waals surface area contributed by atoms with Gasteiger partial charge in [-0.15, -0.1) is 0 Å². The molecule has 2 aromatic rings. The quantitative estimate of drug-likeness (QED) is 0.742. The van der Waals surface area contributed by atoms with Crippen LogP contribution in [0.15, 0.2) is 18.2 Å². The summed E-state index contributed by atoms with van der Waals surface area (Å²) >= 11 is 0. The minimum atomic E-state index is -0.441. The summed E-state index contributed by atoms with van der Waals surface area (Å²) in [6, 6.07) is 4.94. The first-order chi connectivity index (χ1) is 9.06. The Balaban J connectivity index is 2.12. The molecule has 0 bridgehead atoms. The Kier molecular flexibility index (Phi) is 2.51. The zero-order valence-corrected chi connectivity index (χ0v) is 10.4. The number of imide groups is 1. The van der Waals surface area contributed by atoms with Crippen LogP contribution in [-0.2, 0) is 16.6 Å². The minimum absolute atomic E-state index is 0.133. The zero-order valence-electron chi connectivity index (χ0n) is 10.4. The van der Waals surface area contributed by atoms with E-state index in [0.717, 1.165) is 10.9 Å². The molecule has 3 rings (SSSR count). The Morgan fingerprint density at radius 2 is 2.21 bits per heavy atom. The van der Waals surface area contributed by atoms with E-state index < -0.39 is 5.92 Å². The maximum atomic E-state index is 11.9. The molecule has 0 saturated carbocycles.